The van der Waals surface area contributed by atoms with Crippen molar-refractivity contribution in [3.05, 3.63) is 33.5 Å². The normalized spacial score (nSPS) is 11.5. The van der Waals surface area contributed by atoms with Crippen LogP contribution < -0.4 is 0 Å². The van der Waals surface area contributed by atoms with E-state index < -0.39 is 22.5 Å². The molecule has 0 unspecified atom stereocenters. The molecule has 0 saturated heterocycles. The average Bonchev–Trinajstić information content (AvgIpc) is 2.15. The Kier molecular flexibility index (Phi) is 3.28. The highest BCUT2D eigenvalue weighted by Gasteiger charge is 2.41. The Morgan fingerprint density at radius 2 is 2.13 bits per heavy atom. The summed E-state index contributed by atoms with van der Waals surface area (Å²) < 4.78 is 37.5. The first kappa shape index (κ1) is 11.9. The molecule has 4 nitrogen and oxygen atoms in total. The quantitative estimate of drug-likeness (QED) is 0.477. The van der Waals surface area contributed by atoms with Crippen molar-refractivity contribution in [1.82, 2.24) is 4.98 Å². The first-order valence-electron chi connectivity index (χ1n) is 3.63. The van der Waals surface area contributed by atoms with Crippen molar-refractivity contribution in [2.75, 3.05) is 0 Å². The van der Waals surface area contributed by atoms with Crippen LogP contribution in [-0.4, -0.2) is 9.91 Å². The summed E-state index contributed by atoms with van der Waals surface area (Å²) >= 11 is 2.83. The monoisotopic (exact) mass is 284 g/mol. The van der Waals surface area contributed by atoms with E-state index in [0.29, 0.717) is 0 Å². The minimum Gasteiger partial charge on any atom is -0.358 e. The van der Waals surface area contributed by atoms with Crippen LogP contribution in [0.25, 0.3) is 0 Å². The summed E-state index contributed by atoms with van der Waals surface area (Å²) in [6, 6.07) is 1.09. The van der Waals surface area contributed by atoms with E-state index in [-0.39, 0.29) is 10.9 Å². The van der Waals surface area contributed by atoms with E-state index in [1.54, 1.807) is 0 Å². The van der Waals surface area contributed by atoms with Crippen molar-refractivity contribution < 1.29 is 18.1 Å². The molecule has 1 aromatic heterocycles. The highest BCUT2D eigenvalue weighted by Crippen LogP contribution is 2.37. The van der Waals surface area contributed by atoms with E-state index >= 15 is 0 Å². The van der Waals surface area contributed by atoms with Gasteiger partial charge in [-0.15, -0.1) is 0 Å². The molecule has 0 fully saturated rings. The molecule has 0 radical (unpaired) electrons. The zero-order valence-electron chi connectivity index (χ0n) is 7.08. The van der Waals surface area contributed by atoms with Crippen LogP contribution in [0.2, 0.25) is 0 Å². The van der Waals surface area contributed by atoms with Crippen molar-refractivity contribution in [3.8, 4) is 0 Å². The van der Waals surface area contributed by atoms with Gasteiger partial charge in [0.05, 0.1) is 0 Å². The van der Waals surface area contributed by atoms with Crippen LogP contribution in [0.3, 0.4) is 0 Å². The highest BCUT2D eigenvalue weighted by atomic mass is 79.9. The minimum atomic E-state index is -4.78. The predicted molar refractivity (Wildman–Crippen MR) is 48.5 cm³/mol. The van der Waals surface area contributed by atoms with Crippen molar-refractivity contribution >= 4 is 21.7 Å². The Morgan fingerprint density at radius 3 is 2.53 bits per heavy atom. The molecule has 1 rings (SSSR count). The van der Waals surface area contributed by atoms with Gasteiger partial charge in [0.2, 0.25) is 0 Å². The number of rotatable bonds is 2. The molecule has 1 aromatic rings. The van der Waals surface area contributed by atoms with Crippen LogP contribution in [0.1, 0.15) is 11.1 Å². The highest BCUT2D eigenvalue weighted by molar-refractivity contribution is 9.08. The topological polar surface area (TPSA) is 56.0 Å². The van der Waals surface area contributed by atoms with Gasteiger partial charge in [-0.2, -0.15) is 13.2 Å². The summed E-state index contributed by atoms with van der Waals surface area (Å²) in [7, 11) is 0. The third kappa shape index (κ3) is 2.44. The molecular weight excluding hydrogens is 281 g/mol. The molecule has 0 aromatic carbocycles. The number of hydrogen-bond donors (Lipinski definition) is 0. The Bertz CT molecular complexity index is 394. The van der Waals surface area contributed by atoms with Gasteiger partial charge >= 0.3 is 12.0 Å². The van der Waals surface area contributed by atoms with Crippen LogP contribution in [0, 0.1) is 10.1 Å². The molecule has 0 saturated carbocycles. The molecule has 0 bridgehead atoms. The molecule has 8 heteroatoms. The lowest BCUT2D eigenvalue weighted by Gasteiger charge is -2.09. The maximum absolute atomic E-state index is 12.5. The smallest absolute Gasteiger partial charge is 0.358 e. The summed E-state index contributed by atoms with van der Waals surface area (Å²) in [6.07, 6.45) is -3.80. The van der Waals surface area contributed by atoms with Crippen LogP contribution in [0.5, 0.6) is 0 Å². The second kappa shape index (κ2) is 4.13. The first-order valence-corrected chi connectivity index (χ1v) is 4.75. The number of nitrogens with zero attached hydrogens (tertiary/aromatic N) is 2. The Hall–Kier alpha value is -1.18. The minimum absolute atomic E-state index is 0.120. The maximum Gasteiger partial charge on any atom is 0.424 e. The zero-order chi connectivity index (χ0) is 11.6. The van der Waals surface area contributed by atoms with Crippen LogP contribution in [0.4, 0.5) is 19.0 Å². The lowest BCUT2D eigenvalue weighted by atomic mass is 10.1. The lowest BCUT2D eigenvalue weighted by molar-refractivity contribution is -0.392. The fourth-order valence-electron chi connectivity index (χ4n) is 1.05. The van der Waals surface area contributed by atoms with Gasteiger partial charge in [-0.1, -0.05) is 15.9 Å². The van der Waals surface area contributed by atoms with E-state index in [0.717, 1.165) is 12.3 Å². The van der Waals surface area contributed by atoms with Gasteiger partial charge in [-0.25, -0.2) is 0 Å². The van der Waals surface area contributed by atoms with Gasteiger partial charge in [0.25, 0.3) is 0 Å². The molecule has 0 aliphatic carbocycles. The number of nitro groups is 1. The summed E-state index contributed by atoms with van der Waals surface area (Å²) in [5.74, 6) is -1.17. The largest absolute Gasteiger partial charge is 0.424 e. The number of pyridine rings is 1. The van der Waals surface area contributed by atoms with E-state index in [2.05, 4.69) is 20.9 Å². The Morgan fingerprint density at radius 1 is 1.53 bits per heavy atom. The second-order valence-electron chi connectivity index (χ2n) is 2.56. The van der Waals surface area contributed by atoms with E-state index in [1.807, 2.05) is 0 Å². The molecule has 0 aliphatic heterocycles. The predicted octanol–water partition coefficient (Wildman–Crippen LogP) is 2.90. The Labute approximate surface area is 90.4 Å². The Balaban J connectivity index is 3.47. The molecule has 82 valence electrons. The molecule has 0 aliphatic rings. The van der Waals surface area contributed by atoms with Crippen LogP contribution >= 0.6 is 15.9 Å². The average molecular weight is 285 g/mol. The number of alkyl halides is 4. The van der Waals surface area contributed by atoms with E-state index in [1.165, 1.54) is 0 Å². The summed E-state index contributed by atoms with van der Waals surface area (Å²) in [6.45, 7) is 0. The fraction of sp³-hybridized carbons (Fsp3) is 0.286. The number of halogens is 4. The summed E-state index contributed by atoms with van der Waals surface area (Å²) in [4.78, 5) is 12.3. The van der Waals surface area contributed by atoms with Gasteiger partial charge in [0.15, 0.2) is 5.56 Å². The zero-order valence-corrected chi connectivity index (χ0v) is 8.67. The molecule has 15 heavy (non-hydrogen) atoms. The first-order chi connectivity index (χ1) is 6.88. The molecule has 0 amide bonds. The molecule has 0 spiro atoms. The van der Waals surface area contributed by atoms with Crippen LogP contribution in [-0.2, 0) is 11.5 Å². The molecule has 0 atom stereocenters. The van der Waals surface area contributed by atoms with Gasteiger partial charge in [-0.05, 0) is 21.5 Å². The van der Waals surface area contributed by atoms with E-state index in [4.69, 9.17) is 0 Å². The van der Waals surface area contributed by atoms with Crippen molar-refractivity contribution in [2.24, 2.45) is 0 Å². The summed E-state index contributed by atoms with van der Waals surface area (Å²) in [5, 5.41) is 10.2. The van der Waals surface area contributed by atoms with Crippen molar-refractivity contribution in [1.29, 1.82) is 0 Å². The standard InChI is InChI=1S/C7H4BrF3N2O2/c8-3-4-1-2-12-6(13(14)15)5(4)7(9,10)11/h1-2H,3H2. The second-order valence-corrected chi connectivity index (χ2v) is 3.12. The molecule has 0 N–H and O–H groups in total. The lowest BCUT2D eigenvalue weighted by Crippen LogP contribution is -2.13. The van der Waals surface area contributed by atoms with Gasteiger partial charge in [0.1, 0.15) is 6.20 Å². The van der Waals surface area contributed by atoms with Gasteiger partial charge in [-0.3, -0.25) is 0 Å². The molecular formula is C7H4BrF3N2O2. The van der Waals surface area contributed by atoms with Crippen LogP contribution in [0.15, 0.2) is 12.3 Å². The van der Waals surface area contributed by atoms with Gasteiger partial charge in [0, 0.05) is 5.33 Å². The third-order valence-corrected chi connectivity index (χ3v) is 2.22. The third-order valence-electron chi connectivity index (χ3n) is 1.62. The van der Waals surface area contributed by atoms with E-state index in [9.17, 15) is 23.3 Å². The molecule has 1 heterocycles. The van der Waals surface area contributed by atoms with Gasteiger partial charge < -0.3 is 10.1 Å². The number of aromatic nitrogens is 1. The maximum atomic E-state index is 12.5. The van der Waals surface area contributed by atoms with Crippen molar-refractivity contribution in [3.63, 3.8) is 0 Å². The van der Waals surface area contributed by atoms with Crippen molar-refractivity contribution in [2.45, 2.75) is 11.5 Å². The fourth-order valence-corrected chi connectivity index (χ4v) is 1.52. The summed E-state index contributed by atoms with van der Waals surface area (Å²) in [5.41, 5.74) is -1.50. The number of hydrogen-bond acceptors (Lipinski definition) is 3. The SMILES string of the molecule is O=[N+]([O-])c1nccc(CBr)c1C(F)(F)F.